The Morgan fingerprint density at radius 1 is 1.30 bits per heavy atom. The zero-order chi connectivity index (χ0) is 16.9. The van der Waals surface area contributed by atoms with Gasteiger partial charge in [-0.25, -0.2) is 4.99 Å². The molecule has 1 amide bonds. The second-order valence-electron chi connectivity index (χ2n) is 6.25. The maximum absolute atomic E-state index is 12.0. The van der Waals surface area contributed by atoms with Gasteiger partial charge in [0.25, 0.3) is 0 Å². The third kappa shape index (κ3) is 5.71. The molecule has 1 saturated heterocycles. The third-order valence-corrected chi connectivity index (χ3v) is 3.98. The summed E-state index contributed by atoms with van der Waals surface area (Å²) < 4.78 is 5.27. The minimum atomic E-state index is -0.476. The van der Waals surface area contributed by atoms with Crippen LogP contribution in [0.15, 0.2) is 35.3 Å². The van der Waals surface area contributed by atoms with Crippen LogP contribution in [0, 0.1) is 0 Å². The Morgan fingerprint density at radius 3 is 2.65 bits per heavy atom. The molecule has 23 heavy (non-hydrogen) atoms. The van der Waals surface area contributed by atoms with E-state index < -0.39 is 5.60 Å². The van der Waals surface area contributed by atoms with E-state index >= 15 is 0 Å². The van der Waals surface area contributed by atoms with E-state index in [4.69, 9.17) is 4.74 Å². The lowest BCUT2D eigenvalue weighted by atomic mass is 10.2. The zero-order valence-electron chi connectivity index (χ0n) is 13.7. The molecule has 124 valence electrons. The summed E-state index contributed by atoms with van der Waals surface area (Å²) in [5.41, 5.74) is 0.345. The molecular formula is C17H22N2O3S. The number of para-hydroxylation sites is 1. The van der Waals surface area contributed by atoms with Crippen LogP contribution in [0.3, 0.4) is 0 Å². The van der Waals surface area contributed by atoms with Crippen LogP contribution in [0.4, 0.5) is 5.69 Å². The molecule has 0 atom stereocenters. The molecule has 1 aromatic carbocycles. The summed E-state index contributed by atoms with van der Waals surface area (Å²) >= 11 is 1.43. The van der Waals surface area contributed by atoms with E-state index in [1.807, 2.05) is 51.1 Å². The van der Waals surface area contributed by atoms with Gasteiger partial charge in [-0.2, -0.15) is 0 Å². The van der Waals surface area contributed by atoms with Crippen molar-refractivity contribution in [3.05, 3.63) is 30.3 Å². The first-order valence-electron chi connectivity index (χ1n) is 7.64. The topological polar surface area (TPSA) is 59.0 Å². The van der Waals surface area contributed by atoms with Crippen LogP contribution in [-0.4, -0.2) is 39.8 Å². The molecular weight excluding hydrogens is 312 g/mol. The molecule has 0 aromatic heterocycles. The first-order valence-corrected chi connectivity index (χ1v) is 8.62. The summed E-state index contributed by atoms with van der Waals surface area (Å²) in [5, 5.41) is 0.699. The van der Waals surface area contributed by atoms with Crippen molar-refractivity contribution >= 4 is 34.5 Å². The van der Waals surface area contributed by atoms with Gasteiger partial charge in [0.2, 0.25) is 5.91 Å². The van der Waals surface area contributed by atoms with Gasteiger partial charge in [-0.15, -0.1) is 0 Å². The number of amides is 1. The fraction of sp³-hybridized carbons (Fsp3) is 0.471. The standard InChI is InChI=1S/C17H22N2O3S/c1-17(2,3)22-15(21)10-7-11-19-14(20)12-23-16(19)18-13-8-5-4-6-9-13/h4-6,8-9H,7,10-12H2,1-3H3. The molecule has 0 unspecified atom stereocenters. The zero-order valence-corrected chi connectivity index (χ0v) is 14.6. The normalized spacial score (nSPS) is 16.9. The van der Waals surface area contributed by atoms with E-state index in [-0.39, 0.29) is 11.9 Å². The average Bonchev–Trinajstić information content (AvgIpc) is 2.79. The summed E-state index contributed by atoms with van der Waals surface area (Å²) in [6.45, 7) is 6.01. The second kappa shape index (κ2) is 7.64. The highest BCUT2D eigenvalue weighted by molar-refractivity contribution is 8.15. The molecule has 1 fully saturated rings. The molecule has 1 aliphatic heterocycles. The lowest BCUT2D eigenvalue weighted by Gasteiger charge is -2.20. The van der Waals surface area contributed by atoms with Crippen LogP contribution in [0.5, 0.6) is 0 Å². The number of benzene rings is 1. The number of carbonyl (C=O) groups is 2. The first kappa shape index (κ1) is 17.5. The summed E-state index contributed by atoms with van der Waals surface area (Å²) in [4.78, 5) is 29.9. The molecule has 0 radical (unpaired) electrons. The maximum atomic E-state index is 12.0. The van der Waals surface area contributed by atoms with Gasteiger partial charge < -0.3 is 4.74 Å². The summed E-state index contributed by atoms with van der Waals surface area (Å²) in [6, 6.07) is 9.54. The number of nitrogens with zero attached hydrogens (tertiary/aromatic N) is 2. The molecule has 0 spiro atoms. The average molecular weight is 334 g/mol. The van der Waals surface area contributed by atoms with Crippen LogP contribution in [0.1, 0.15) is 33.6 Å². The van der Waals surface area contributed by atoms with Crippen LogP contribution in [0.25, 0.3) is 0 Å². The van der Waals surface area contributed by atoms with E-state index in [2.05, 4.69) is 4.99 Å². The fourth-order valence-electron chi connectivity index (χ4n) is 2.09. The number of thioether (sulfide) groups is 1. The van der Waals surface area contributed by atoms with Gasteiger partial charge in [0, 0.05) is 13.0 Å². The van der Waals surface area contributed by atoms with E-state index in [1.54, 1.807) is 4.90 Å². The summed E-state index contributed by atoms with van der Waals surface area (Å²) in [5.74, 6) is 0.199. The number of amidine groups is 1. The molecule has 0 N–H and O–H groups in total. The fourth-order valence-corrected chi connectivity index (χ4v) is 3.02. The molecule has 1 heterocycles. The van der Waals surface area contributed by atoms with E-state index in [1.165, 1.54) is 11.8 Å². The number of esters is 1. The van der Waals surface area contributed by atoms with Gasteiger partial charge in [-0.3, -0.25) is 14.5 Å². The third-order valence-electron chi connectivity index (χ3n) is 3.02. The molecule has 2 rings (SSSR count). The van der Waals surface area contributed by atoms with Crippen molar-refractivity contribution in [3.63, 3.8) is 0 Å². The number of ether oxygens (including phenoxy) is 1. The van der Waals surface area contributed by atoms with Crippen molar-refractivity contribution in [2.75, 3.05) is 12.3 Å². The summed E-state index contributed by atoms with van der Waals surface area (Å²) in [7, 11) is 0. The van der Waals surface area contributed by atoms with Gasteiger partial charge in [-0.1, -0.05) is 30.0 Å². The number of carbonyl (C=O) groups excluding carboxylic acids is 2. The van der Waals surface area contributed by atoms with Gasteiger partial charge in [0.15, 0.2) is 5.17 Å². The number of rotatable bonds is 5. The highest BCUT2D eigenvalue weighted by Gasteiger charge is 2.28. The van der Waals surface area contributed by atoms with Crippen LogP contribution in [-0.2, 0) is 14.3 Å². The predicted molar refractivity (Wildman–Crippen MR) is 92.8 cm³/mol. The van der Waals surface area contributed by atoms with Gasteiger partial charge in [0.05, 0.1) is 11.4 Å². The minimum absolute atomic E-state index is 0.0360. The first-order chi connectivity index (χ1) is 10.8. The monoisotopic (exact) mass is 334 g/mol. The van der Waals surface area contributed by atoms with Crippen LogP contribution >= 0.6 is 11.8 Å². The number of aliphatic imine (C=N–C) groups is 1. The van der Waals surface area contributed by atoms with E-state index in [9.17, 15) is 9.59 Å². The van der Waals surface area contributed by atoms with Gasteiger partial charge in [0.1, 0.15) is 5.60 Å². The number of hydrogen-bond donors (Lipinski definition) is 0. The van der Waals surface area contributed by atoms with E-state index in [0.717, 1.165) is 5.69 Å². The SMILES string of the molecule is CC(C)(C)OC(=O)CCCN1C(=O)CSC1=Nc1ccccc1. The van der Waals surface area contributed by atoms with Crippen LogP contribution in [0.2, 0.25) is 0 Å². The van der Waals surface area contributed by atoms with Crippen LogP contribution < -0.4 is 0 Å². The van der Waals surface area contributed by atoms with Gasteiger partial charge in [-0.05, 0) is 39.3 Å². The molecule has 5 nitrogen and oxygen atoms in total. The largest absolute Gasteiger partial charge is 0.460 e. The lowest BCUT2D eigenvalue weighted by molar-refractivity contribution is -0.155. The molecule has 0 saturated carbocycles. The Morgan fingerprint density at radius 2 is 2.00 bits per heavy atom. The minimum Gasteiger partial charge on any atom is -0.460 e. The smallest absolute Gasteiger partial charge is 0.306 e. The Kier molecular flexibility index (Phi) is 5.82. The molecule has 0 aliphatic carbocycles. The highest BCUT2D eigenvalue weighted by atomic mass is 32.2. The van der Waals surface area contributed by atoms with Crippen molar-refractivity contribution in [1.29, 1.82) is 0 Å². The van der Waals surface area contributed by atoms with Crippen molar-refractivity contribution < 1.29 is 14.3 Å². The predicted octanol–water partition coefficient (Wildman–Crippen LogP) is 3.37. The van der Waals surface area contributed by atoms with Crippen molar-refractivity contribution in [1.82, 2.24) is 4.90 Å². The molecule has 1 aliphatic rings. The molecule has 0 bridgehead atoms. The summed E-state index contributed by atoms with van der Waals surface area (Å²) in [6.07, 6.45) is 0.860. The Balaban J connectivity index is 1.91. The lowest BCUT2D eigenvalue weighted by Crippen LogP contribution is -2.31. The molecule has 1 aromatic rings. The number of hydrogen-bond acceptors (Lipinski definition) is 5. The Hall–Kier alpha value is -1.82. The Labute approximate surface area is 141 Å². The molecule has 6 heteroatoms. The second-order valence-corrected chi connectivity index (χ2v) is 7.20. The maximum Gasteiger partial charge on any atom is 0.306 e. The van der Waals surface area contributed by atoms with Crippen molar-refractivity contribution in [2.45, 2.75) is 39.2 Å². The van der Waals surface area contributed by atoms with Gasteiger partial charge >= 0.3 is 5.97 Å². The van der Waals surface area contributed by atoms with Crippen molar-refractivity contribution in [3.8, 4) is 0 Å². The van der Waals surface area contributed by atoms with E-state index in [0.29, 0.717) is 30.3 Å². The quantitative estimate of drug-likeness (QED) is 0.775. The Bertz CT molecular complexity index is 594. The van der Waals surface area contributed by atoms with Crippen molar-refractivity contribution in [2.24, 2.45) is 4.99 Å². The highest BCUT2D eigenvalue weighted by Crippen LogP contribution is 2.24.